The van der Waals surface area contributed by atoms with Crippen molar-refractivity contribution in [2.75, 3.05) is 6.61 Å². The number of nitrogens with zero attached hydrogens (tertiary/aromatic N) is 1. The number of rotatable bonds is 6. The van der Waals surface area contributed by atoms with Crippen LogP contribution in [0.25, 0.3) is 6.08 Å². The minimum atomic E-state index is 0.167. The monoisotopic (exact) mass is 476 g/mol. The van der Waals surface area contributed by atoms with E-state index in [1.54, 1.807) is 6.08 Å². The van der Waals surface area contributed by atoms with Gasteiger partial charge in [-0.15, -0.1) is 0 Å². The summed E-state index contributed by atoms with van der Waals surface area (Å²) in [7, 11) is 0. The van der Waals surface area contributed by atoms with Crippen LogP contribution in [0, 0.1) is 18.3 Å². The number of ether oxygens (including phenoxy) is 1. The topological polar surface area (TPSA) is 37.9 Å². The van der Waals surface area contributed by atoms with Crippen molar-refractivity contribution in [2.45, 2.75) is 43.5 Å². The number of alkyl halides is 1. The summed E-state index contributed by atoms with van der Waals surface area (Å²) in [5.74, 6) is 2.70. The first-order valence-corrected chi connectivity index (χ1v) is 10.9. The third-order valence-corrected chi connectivity index (χ3v) is 7.46. The van der Waals surface area contributed by atoms with Crippen molar-refractivity contribution in [1.29, 1.82) is 0 Å². The van der Waals surface area contributed by atoms with Gasteiger partial charge in [-0.05, 0) is 57.6 Å². The first-order valence-electron chi connectivity index (χ1n) is 9.67. The summed E-state index contributed by atoms with van der Waals surface area (Å²) < 4.78 is 6.37. The van der Waals surface area contributed by atoms with Gasteiger partial charge in [-0.3, -0.25) is 0 Å². The van der Waals surface area contributed by atoms with Crippen LogP contribution in [0.1, 0.15) is 53.7 Å². The van der Waals surface area contributed by atoms with Crippen LogP contribution >= 0.6 is 22.6 Å². The number of H-pyrrole nitrogens is 1. The van der Waals surface area contributed by atoms with Crippen LogP contribution < -0.4 is 0 Å². The fraction of sp³-hybridized carbons (Fsp3) is 0.435. The molecule has 2 heterocycles. The second-order valence-electron chi connectivity index (χ2n) is 7.52. The molecule has 27 heavy (non-hydrogen) atoms. The second kappa shape index (κ2) is 8.63. The zero-order valence-corrected chi connectivity index (χ0v) is 18.5. The van der Waals surface area contributed by atoms with Gasteiger partial charge in [-0.2, -0.15) is 0 Å². The van der Waals surface area contributed by atoms with E-state index in [2.05, 4.69) is 66.7 Å². The minimum Gasteiger partial charge on any atom is -0.492 e. The predicted octanol–water partition coefficient (Wildman–Crippen LogP) is 6.62. The molecule has 4 heteroatoms. The van der Waals surface area contributed by atoms with Crippen molar-refractivity contribution >= 4 is 28.7 Å². The van der Waals surface area contributed by atoms with E-state index in [1.807, 2.05) is 18.2 Å². The van der Waals surface area contributed by atoms with Crippen molar-refractivity contribution in [2.24, 2.45) is 11.3 Å². The molecular weight excluding hydrogens is 447 g/mol. The molecule has 1 aliphatic heterocycles. The zero-order chi connectivity index (χ0) is 19.4. The molecule has 1 aromatic rings. The van der Waals surface area contributed by atoms with E-state index in [9.17, 15) is 0 Å². The fourth-order valence-corrected chi connectivity index (χ4v) is 5.31. The summed E-state index contributed by atoms with van der Waals surface area (Å²) in [6, 6.07) is 0. The van der Waals surface area contributed by atoms with E-state index in [1.165, 1.54) is 18.4 Å². The Morgan fingerprint density at radius 3 is 2.67 bits per heavy atom. The molecule has 1 N–H and O–H groups in total. The Hall–Kier alpha value is -1.56. The van der Waals surface area contributed by atoms with Gasteiger partial charge in [0.25, 0.3) is 0 Å². The molecule has 1 atom stereocenters. The van der Waals surface area contributed by atoms with Gasteiger partial charge >= 0.3 is 0 Å². The van der Waals surface area contributed by atoms with E-state index >= 15 is 0 Å². The Kier molecular flexibility index (Phi) is 6.45. The molecule has 0 aromatic carbocycles. The Morgan fingerprint density at radius 2 is 2.04 bits per heavy atom. The highest BCUT2D eigenvalue weighted by atomic mass is 127. The van der Waals surface area contributed by atoms with Crippen molar-refractivity contribution in [3.05, 3.63) is 72.1 Å². The highest BCUT2D eigenvalue weighted by molar-refractivity contribution is 14.1. The Labute approximate surface area is 176 Å². The number of aryl methyl sites for hydroxylation is 1. The van der Waals surface area contributed by atoms with E-state index in [4.69, 9.17) is 9.72 Å². The van der Waals surface area contributed by atoms with Gasteiger partial charge < -0.3 is 9.72 Å². The highest BCUT2D eigenvalue weighted by Gasteiger charge is 2.44. The first-order chi connectivity index (χ1) is 13.0. The first kappa shape index (κ1) is 20.2. The smallest absolute Gasteiger partial charge is 0.122 e. The van der Waals surface area contributed by atoms with Gasteiger partial charge in [0.2, 0.25) is 0 Å². The maximum absolute atomic E-state index is 5.97. The molecule has 0 bridgehead atoms. The SMILES string of the molecule is C=C/C=C\c1nc(C(I)C2CCC3(CC2)COC(C=C)=C3/C=C\C)[nH]c1C. The summed E-state index contributed by atoms with van der Waals surface area (Å²) in [5, 5.41) is 0. The third kappa shape index (κ3) is 4.00. The van der Waals surface area contributed by atoms with E-state index in [0.29, 0.717) is 9.84 Å². The van der Waals surface area contributed by atoms with Crippen molar-refractivity contribution < 1.29 is 4.74 Å². The quantitative estimate of drug-likeness (QED) is 0.285. The standard InChI is InChI=1S/C23H29IN2O/c1-5-8-10-19-16(4)25-22(26-19)21(24)17-11-13-23(14-12-17)15-27-20(7-3)18(23)9-6-2/h5-10,17,21H,1,3,11-15H2,2,4H3,(H,25,26)/b9-6-,10-8-. The number of allylic oxidation sites excluding steroid dienone is 5. The number of hydrogen-bond acceptors (Lipinski definition) is 2. The predicted molar refractivity (Wildman–Crippen MR) is 122 cm³/mol. The molecule has 1 unspecified atom stereocenters. The highest BCUT2D eigenvalue weighted by Crippen LogP contribution is 2.53. The van der Waals surface area contributed by atoms with Gasteiger partial charge in [0.15, 0.2) is 0 Å². The number of aromatic nitrogens is 2. The molecule has 3 rings (SSSR count). The molecule has 3 nitrogen and oxygen atoms in total. The zero-order valence-electron chi connectivity index (χ0n) is 16.3. The average molecular weight is 476 g/mol. The maximum atomic E-state index is 5.97. The lowest BCUT2D eigenvalue weighted by Crippen LogP contribution is -2.31. The molecule has 2 aliphatic rings. The third-order valence-electron chi connectivity index (χ3n) is 5.85. The van der Waals surface area contributed by atoms with Crippen molar-refractivity contribution in [3.63, 3.8) is 0 Å². The second-order valence-corrected chi connectivity index (χ2v) is 8.86. The molecular formula is C23H29IN2O. The number of nitrogens with one attached hydrogen (secondary N) is 1. The van der Waals surface area contributed by atoms with Crippen LogP contribution in [-0.2, 0) is 4.74 Å². The van der Waals surface area contributed by atoms with Crippen molar-refractivity contribution in [1.82, 2.24) is 9.97 Å². The van der Waals surface area contributed by atoms with Gasteiger partial charge in [-0.1, -0.05) is 60.1 Å². The molecule has 0 amide bonds. The summed E-state index contributed by atoms with van der Waals surface area (Å²) >= 11 is 2.57. The van der Waals surface area contributed by atoms with Gasteiger partial charge in [0.1, 0.15) is 11.6 Å². The van der Waals surface area contributed by atoms with Crippen LogP contribution in [0.5, 0.6) is 0 Å². The van der Waals surface area contributed by atoms with Crippen LogP contribution in [0.2, 0.25) is 0 Å². The molecule has 144 valence electrons. The normalized spacial score (nSPS) is 26.9. The van der Waals surface area contributed by atoms with Crippen molar-refractivity contribution in [3.8, 4) is 0 Å². The van der Waals surface area contributed by atoms with Gasteiger partial charge in [0, 0.05) is 16.7 Å². The molecule has 1 fully saturated rings. The molecule has 0 radical (unpaired) electrons. The summed E-state index contributed by atoms with van der Waals surface area (Å²) in [5.41, 5.74) is 3.64. The van der Waals surface area contributed by atoms with Gasteiger partial charge in [-0.25, -0.2) is 4.98 Å². The van der Waals surface area contributed by atoms with Crippen LogP contribution in [0.4, 0.5) is 0 Å². The Balaban J connectivity index is 1.72. The molecule has 0 saturated heterocycles. The van der Waals surface area contributed by atoms with Crippen LogP contribution in [0.15, 0.2) is 54.9 Å². The summed E-state index contributed by atoms with van der Waals surface area (Å²) in [6.07, 6.45) is 16.7. The lowest BCUT2D eigenvalue weighted by molar-refractivity contribution is 0.115. The largest absolute Gasteiger partial charge is 0.492 e. The average Bonchev–Trinajstić information content (AvgIpc) is 3.21. The van der Waals surface area contributed by atoms with Crippen LogP contribution in [0.3, 0.4) is 0 Å². The van der Waals surface area contributed by atoms with E-state index < -0.39 is 0 Å². The number of halogens is 1. The number of imidazole rings is 1. The number of hydrogen-bond donors (Lipinski definition) is 1. The maximum Gasteiger partial charge on any atom is 0.122 e. The Morgan fingerprint density at radius 1 is 1.30 bits per heavy atom. The summed E-state index contributed by atoms with van der Waals surface area (Å²) in [6.45, 7) is 12.6. The summed E-state index contributed by atoms with van der Waals surface area (Å²) in [4.78, 5) is 8.32. The number of aromatic amines is 1. The van der Waals surface area contributed by atoms with E-state index in [-0.39, 0.29) is 5.41 Å². The van der Waals surface area contributed by atoms with E-state index in [0.717, 1.165) is 42.4 Å². The Bertz CT molecular complexity index is 791. The van der Waals surface area contributed by atoms with Crippen LogP contribution in [-0.4, -0.2) is 16.6 Å². The minimum absolute atomic E-state index is 0.167. The molecule has 1 aromatic heterocycles. The van der Waals surface area contributed by atoms with Gasteiger partial charge in [0.05, 0.1) is 16.2 Å². The molecule has 1 saturated carbocycles. The lowest BCUT2D eigenvalue weighted by Gasteiger charge is -2.38. The lowest BCUT2D eigenvalue weighted by atomic mass is 9.66. The fourth-order valence-electron chi connectivity index (χ4n) is 4.30. The molecule has 1 aliphatic carbocycles. The molecule has 1 spiro atoms.